The van der Waals surface area contributed by atoms with Crippen LogP contribution in [0.5, 0.6) is 0 Å². The van der Waals surface area contributed by atoms with Crippen molar-refractivity contribution in [1.82, 2.24) is 0 Å². The monoisotopic (exact) mass is 270 g/mol. The number of furan rings is 1. The van der Waals surface area contributed by atoms with Crippen LogP contribution in [0.4, 0.5) is 0 Å². The van der Waals surface area contributed by atoms with Gasteiger partial charge in [0.25, 0.3) is 0 Å². The standard InChI is InChI=1S/C17H18O3/c1-11(19)12-5-7-14(15(9-12)17(2,3)4)16-8-6-13(10-18)20-16/h5-10H,1-4H3. The molecule has 0 radical (unpaired) electrons. The Bertz CT molecular complexity index is 657. The summed E-state index contributed by atoms with van der Waals surface area (Å²) in [5.41, 5.74) is 2.49. The van der Waals surface area contributed by atoms with E-state index in [0.29, 0.717) is 23.4 Å². The fourth-order valence-corrected chi connectivity index (χ4v) is 2.16. The van der Waals surface area contributed by atoms with Crippen molar-refractivity contribution >= 4 is 12.1 Å². The first kappa shape index (κ1) is 14.3. The zero-order valence-electron chi connectivity index (χ0n) is 12.2. The summed E-state index contributed by atoms with van der Waals surface area (Å²) in [6, 6.07) is 9.00. The number of carbonyl (C=O) groups is 2. The van der Waals surface area contributed by atoms with Crippen molar-refractivity contribution in [3.63, 3.8) is 0 Å². The van der Waals surface area contributed by atoms with Crippen molar-refractivity contribution in [2.75, 3.05) is 0 Å². The van der Waals surface area contributed by atoms with Gasteiger partial charge in [-0.2, -0.15) is 0 Å². The van der Waals surface area contributed by atoms with Gasteiger partial charge in [-0.05, 0) is 36.1 Å². The molecule has 104 valence electrons. The second-order valence-corrected chi connectivity index (χ2v) is 5.89. The number of hydrogen-bond donors (Lipinski definition) is 0. The van der Waals surface area contributed by atoms with Crippen molar-refractivity contribution in [2.45, 2.75) is 33.1 Å². The van der Waals surface area contributed by atoms with Crippen LogP contribution in [0.15, 0.2) is 34.7 Å². The van der Waals surface area contributed by atoms with E-state index in [1.165, 1.54) is 0 Å². The zero-order valence-corrected chi connectivity index (χ0v) is 12.2. The minimum Gasteiger partial charge on any atom is -0.453 e. The Hall–Kier alpha value is -2.16. The molecule has 20 heavy (non-hydrogen) atoms. The van der Waals surface area contributed by atoms with Crippen molar-refractivity contribution in [3.8, 4) is 11.3 Å². The van der Waals surface area contributed by atoms with Crippen LogP contribution in [0, 0.1) is 0 Å². The molecule has 0 spiro atoms. The average Bonchev–Trinajstić information content (AvgIpc) is 2.85. The van der Waals surface area contributed by atoms with Gasteiger partial charge in [0.1, 0.15) is 5.76 Å². The maximum atomic E-state index is 11.6. The third-order valence-corrected chi connectivity index (χ3v) is 3.24. The fourth-order valence-electron chi connectivity index (χ4n) is 2.16. The molecular weight excluding hydrogens is 252 g/mol. The van der Waals surface area contributed by atoms with Crippen LogP contribution in [0.2, 0.25) is 0 Å². The number of benzene rings is 1. The first-order valence-electron chi connectivity index (χ1n) is 6.54. The van der Waals surface area contributed by atoms with Gasteiger partial charge in [-0.1, -0.05) is 32.9 Å². The molecule has 0 N–H and O–H groups in total. The predicted molar refractivity (Wildman–Crippen MR) is 78.2 cm³/mol. The molecule has 0 aliphatic carbocycles. The van der Waals surface area contributed by atoms with E-state index in [0.717, 1.165) is 11.1 Å². The predicted octanol–water partition coefficient (Wildman–Crippen LogP) is 4.26. The molecule has 3 nitrogen and oxygen atoms in total. The molecule has 2 aromatic rings. The summed E-state index contributed by atoms with van der Waals surface area (Å²) < 4.78 is 5.50. The Kier molecular flexibility index (Phi) is 3.62. The van der Waals surface area contributed by atoms with Gasteiger partial charge in [-0.3, -0.25) is 9.59 Å². The fraction of sp³-hybridized carbons (Fsp3) is 0.294. The highest BCUT2D eigenvalue weighted by molar-refractivity contribution is 5.95. The van der Waals surface area contributed by atoms with E-state index in [4.69, 9.17) is 4.42 Å². The molecule has 1 aromatic heterocycles. The topological polar surface area (TPSA) is 47.3 Å². The summed E-state index contributed by atoms with van der Waals surface area (Å²) in [6.45, 7) is 7.80. The van der Waals surface area contributed by atoms with E-state index < -0.39 is 0 Å². The van der Waals surface area contributed by atoms with Gasteiger partial charge in [0.05, 0.1) is 0 Å². The minimum absolute atomic E-state index is 0.0371. The maximum absolute atomic E-state index is 11.6. The lowest BCUT2D eigenvalue weighted by atomic mass is 9.82. The van der Waals surface area contributed by atoms with Gasteiger partial charge in [0.2, 0.25) is 0 Å². The van der Waals surface area contributed by atoms with Crippen LogP contribution in [-0.2, 0) is 5.41 Å². The molecular formula is C17H18O3. The van der Waals surface area contributed by atoms with Crippen LogP contribution in [0.25, 0.3) is 11.3 Å². The maximum Gasteiger partial charge on any atom is 0.185 e. The van der Waals surface area contributed by atoms with Crippen molar-refractivity contribution in [3.05, 3.63) is 47.2 Å². The molecule has 0 amide bonds. The Morgan fingerprint density at radius 1 is 1.15 bits per heavy atom. The summed E-state index contributed by atoms with van der Waals surface area (Å²) in [6.07, 6.45) is 0.685. The molecule has 0 bridgehead atoms. The molecule has 2 rings (SSSR count). The highest BCUT2D eigenvalue weighted by Crippen LogP contribution is 2.34. The third-order valence-electron chi connectivity index (χ3n) is 3.24. The van der Waals surface area contributed by atoms with E-state index in [2.05, 4.69) is 20.8 Å². The van der Waals surface area contributed by atoms with Gasteiger partial charge >= 0.3 is 0 Å². The second-order valence-electron chi connectivity index (χ2n) is 5.89. The van der Waals surface area contributed by atoms with Crippen LogP contribution in [-0.4, -0.2) is 12.1 Å². The van der Waals surface area contributed by atoms with Crippen LogP contribution >= 0.6 is 0 Å². The van der Waals surface area contributed by atoms with Crippen LogP contribution in [0.3, 0.4) is 0 Å². The van der Waals surface area contributed by atoms with E-state index in [1.807, 2.05) is 12.1 Å². The highest BCUT2D eigenvalue weighted by atomic mass is 16.3. The number of ketones is 1. The van der Waals surface area contributed by atoms with Gasteiger partial charge in [-0.25, -0.2) is 0 Å². The van der Waals surface area contributed by atoms with Crippen molar-refractivity contribution < 1.29 is 14.0 Å². The van der Waals surface area contributed by atoms with Gasteiger partial charge in [-0.15, -0.1) is 0 Å². The zero-order chi connectivity index (χ0) is 14.9. The molecule has 0 saturated heterocycles. The molecule has 0 fully saturated rings. The van der Waals surface area contributed by atoms with Gasteiger partial charge in [0, 0.05) is 11.1 Å². The van der Waals surface area contributed by atoms with E-state index in [1.54, 1.807) is 25.1 Å². The Morgan fingerprint density at radius 3 is 2.35 bits per heavy atom. The minimum atomic E-state index is -0.130. The molecule has 0 unspecified atom stereocenters. The van der Waals surface area contributed by atoms with Crippen LogP contribution < -0.4 is 0 Å². The van der Waals surface area contributed by atoms with Crippen LogP contribution in [0.1, 0.15) is 54.2 Å². The lowest BCUT2D eigenvalue weighted by molar-refractivity contribution is 0.101. The summed E-state index contributed by atoms with van der Waals surface area (Å²) in [5, 5.41) is 0. The summed E-state index contributed by atoms with van der Waals surface area (Å²) >= 11 is 0. The first-order valence-corrected chi connectivity index (χ1v) is 6.54. The molecule has 3 heteroatoms. The SMILES string of the molecule is CC(=O)c1ccc(-c2ccc(C=O)o2)c(C(C)(C)C)c1. The number of rotatable bonds is 3. The molecule has 1 heterocycles. The average molecular weight is 270 g/mol. The summed E-state index contributed by atoms with van der Waals surface area (Å²) in [5.74, 6) is 0.984. The first-order chi connectivity index (χ1) is 9.32. The molecule has 0 saturated carbocycles. The van der Waals surface area contributed by atoms with E-state index >= 15 is 0 Å². The molecule has 0 aliphatic heterocycles. The Morgan fingerprint density at radius 2 is 1.85 bits per heavy atom. The number of carbonyl (C=O) groups excluding carboxylic acids is 2. The van der Waals surface area contributed by atoms with E-state index in [-0.39, 0.29) is 11.2 Å². The Labute approximate surface area is 118 Å². The van der Waals surface area contributed by atoms with E-state index in [9.17, 15) is 9.59 Å². The normalized spacial score (nSPS) is 11.4. The smallest absolute Gasteiger partial charge is 0.185 e. The lowest BCUT2D eigenvalue weighted by Crippen LogP contribution is -2.13. The second kappa shape index (κ2) is 5.08. The molecule has 0 atom stereocenters. The number of hydrogen-bond acceptors (Lipinski definition) is 3. The summed E-state index contributed by atoms with van der Waals surface area (Å²) in [7, 11) is 0. The number of Topliss-reactive ketones (excluding diaryl/α,β-unsaturated/α-hetero) is 1. The lowest BCUT2D eigenvalue weighted by Gasteiger charge is -2.23. The van der Waals surface area contributed by atoms with Gasteiger partial charge in [0.15, 0.2) is 17.8 Å². The number of aldehydes is 1. The Balaban J connectivity index is 2.63. The quantitative estimate of drug-likeness (QED) is 0.618. The molecule has 0 aliphatic rings. The third kappa shape index (κ3) is 2.72. The highest BCUT2D eigenvalue weighted by Gasteiger charge is 2.21. The summed E-state index contributed by atoms with van der Waals surface area (Å²) in [4.78, 5) is 22.3. The van der Waals surface area contributed by atoms with Crippen molar-refractivity contribution in [2.24, 2.45) is 0 Å². The molecule has 1 aromatic carbocycles. The van der Waals surface area contributed by atoms with Crippen molar-refractivity contribution in [1.29, 1.82) is 0 Å². The van der Waals surface area contributed by atoms with Gasteiger partial charge < -0.3 is 4.42 Å². The largest absolute Gasteiger partial charge is 0.453 e.